The molecule has 1 aliphatic heterocycles. The molecular weight excluding hydrogens is 1000 g/mol. The number of carbonyl (C=O) groups excluding carboxylic acids is 9. The Balaban J connectivity index is 1.07. The second-order valence-corrected chi connectivity index (χ2v) is 18.3. The zero-order valence-electron chi connectivity index (χ0n) is 42.0. The largest absolute Gasteiger partial charge is 0.507 e. The van der Waals surface area contributed by atoms with E-state index in [1.54, 1.807) is 0 Å². The first-order valence-corrected chi connectivity index (χ1v) is 23.8. The van der Waals surface area contributed by atoms with Crippen LogP contribution in [0, 0.1) is 0 Å². The summed E-state index contributed by atoms with van der Waals surface area (Å²) in [5.74, 6) is -8.33. The lowest BCUT2D eigenvalue weighted by Crippen LogP contribution is -2.56. The molecule has 0 bridgehead atoms. The van der Waals surface area contributed by atoms with Gasteiger partial charge in [0, 0.05) is 48.8 Å². The molecular formula is C50H60N6O20. The third-order valence-electron chi connectivity index (χ3n) is 12.9. The quantitative estimate of drug-likeness (QED) is 0.0330. The third kappa shape index (κ3) is 13.1. The lowest BCUT2D eigenvalue weighted by Gasteiger charge is -2.42. The van der Waals surface area contributed by atoms with Crippen LogP contribution in [0.2, 0.25) is 0 Å². The molecule has 76 heavy (non-hydrogen) atoms. The van der Waals surface area contributed by atoms with E-state index < -0.39 is 156 Å². The van der Waals surface area contributed by atoms with Crippen LogP contribution in [0.5, 0.6) is 17.2 Å². The molecule has 1 fully saturated rings. The van der Waals surface area contributed by atoms with Gasteiger partial charge in [0.2, 0.25) is 35.3 Å². The van der Waals surface area contributed by atoms with Crippen LogP contribution < -0.4 is 37.1 Å². The molecule has 6 rings (SSSR count). The first-order valence-electron chi connectivity index (χ1n) is 23.8. The van der Waals surface area contributed by atoms with Gasteiger partial charge in [-0.05, 0) is 44.5 Å². The Labute approximate surface area is 433 Å². The number of ether oxygens (including phenoxy) is 6. The van der Waals surface area contributed by atoms with Gasteiger partial charge in [-0.2, -0.15) is 0 Å². The van der Waals surface area contributed by atoms with Crippen molar-refractivity contribution >= 4 is 58.7 Å². The summed E-state index contributed by atoms with van der Waals surface area (Å²) in [5, 5.41) is 68.3. The summed E-state index contributed by atoms with van der Waals surface area (Å²) >= 11 is 0. The molecule has 9 atom stereocenters. The summed E-state index contributed by atoms with van der Waals surface area (Å²) in [5.41, 5.74) is 1.49. The van der Waals surface area contributed by atoms with Crippen LogP contribution in [-0.4, -0.2) is 167 Å². The molecule has 12 N–H and O–H groups in total. The molecule has 410 valence electrons. The van der Waals surface area contributed by atoms with Gasteiger partial charge >= 0.3 is 6.09 Å². The van der Waals surface area contributed by atoms with Crippen molar-refractivity contribution < 1.29 is 97.1 Å². The number of hydrogen-bond acceptors (Lipinski definition) is 20. The number of primary amides is 1. The molecule has 0 spiro atoms. The summed E-state index contributed by atoms with van der Waals surface area (Å²) in [6.45, 7) is 2.78. The number of hydrogen-bond donors (Lipinski definition) is 11. The highest BCUT2D eigenvalue weighted by Gasteiger charge is 2.50. The van der Waals surface area contributed by atoms with E-state index >= 15 is 0 Å². The molecule has 26 nitrogen and oxygen atoms in total. The number of aliphatic hydroxyl groups is 3. The number of fused-ring (bicyclic) bond motifs is 3. The average molecular weight is 1070 g/mol. The Kier molecular flexibility index (Phi) is 18.9. The van der Waals surface area contributed by atoms with E-state index in [2.05, 4.69) is 26.6 Å². The van der Waals surface area contributed by atoms with Gasteiger partial charge < -0.3 is 86.3 Å². The Morgan fingerprint density at radius 3 is 2.20 bits per heavy atom. The van der Waals surface area contributed by atoms with Crippen LogP contribution in [0.4, 0.5) is 10.5 Å². The number of phenols is 2. The second-order valence-electron chi connectivity index (χ2n) is 18.3. The van der Waals surface area contributed by atoms with E-state index in [0.29, 0.717) is 5.56 Å². The number of phenolic OH excluding ortho intramolecular Hbond substituents is 2. The van der Waals surface area contributed by atoms with Crippen molar-refractivity contribution in [2.75, 3.05) is 46.0 Å². The van der Waals surface area contributed by atoms with Crippen LogP contribution in [-0.2, 0) is 65.5 Å². The van der Waals surface area contributed by atoms with Gasteiger partial charge in [0.05, 0.1) is 61.7 Å². The van der Waals surface area contributed by atoms with Gasteiger partial charge in [0.1, 0.15) is 66.9 Å². The third-order valence-corrected chi connectivity index (χ3v) is 12.9. The lowest BCUT2D eigenvalue weighted by molar-refractivity contribution is -0.249. The molecule has 1 saturated heterocycles. The highest BCUT2D eigenvalue weighted by atomic mass is 16.7. The SMILES string of the molecule is COCCOCC(=O)NC(C)C(=O)NC(C)C(=O)NC(CC(N)=O)C(=O)Nc1ccc(COC(=O)N[C@H]2C[C@H](O[C@H]3C[C@](O)(C(=O)CO)Cc4c(O)c5c(c(O)c43)C(=O)c3c(OC)cccc3C5=O)O[C@@H](C)[C@H]2O)cc1. The minimum absolute atomic E-state index is 0.0163. The van der Waals surface area contributed by atoms with Crippen LogP contribution >= 0.6 is 0 Å². The van der Waals surface area contributed by atoms with E-state index in [1.807, 2.05) is 0 Å². The summed E-state index contributed by atoms with van der Waals surface area (Å²) in [7, 11) is 2.74. The maximum Gasteiger partial charge on any atom is 0.407 e. The van der Waals surface area contributed by atoms with E-state index in [9.17, 15) is 68.7 Å². The van der Waals surface area contributed by atoms with Gasteiger partial charge in [0.25, 0.3) is 0 Å². The number of carbonyl (C=O) groups is 9. The molecule has 0 saturated carbocycles. The maximum atomic E-state index is 14.0. The Morgan fingerprint density at radius 2 is 1.54 bits per heavy atom. The number of amides is 6. The molecule has 3 aromatic rings. The van der Waals surface area contributed by atoms with Gasteiger partial charge in [-0.3, -0.25) is 38.4 Å². The fourth-order valence-electron chi connectivity index (χ4n) is 8.88. The van der Waals surface area contributed by atoms with E-state index in [0.717, 1.165) is 0 Å². The number of rotatable bonds is 22. The fourth-order valence-corrected chi connectivity index (χ4v) is 8.88. The molecule has 1 heterocycles. The predicted molar refractivity (Wildman–Crippen MR) is 260 cm³/mol. The van der Waals surface area contributed by atoms with Crippen LogP contribution in [0.3, 0.4) is 0 Å². The summed E-state index contributed by atoms with van der Waals surface area (Å²) in [6.07, 6.45) is -8.61. The zero-order valence-corrected chi connectivity index (χ0v) is 42.0. The summed E-state index contributed by atoms with van der Waals surface area (Å²) in [4.78, 5) is 117. The smallest absolute Gasteiger partial charge is 0.407 e. The van der Waals surface area contributed by atoms with Crippen molar-refractivity contribution in [3.8, 4) is 17.2 Å². The molecule has 3 aliphatic rings. The fraction of sp³-hybridized carbons (Fsp3) is 0.460. The summed E-state index contributed by atoms with van der Waals surface area (Å²) < 4.78 is 32.8. The number of ketones is 3. The number of methoxy groups -OCH3 is 2. The number of aromatic hydroxyl groups is 2. The van der Waals surface area contributed by atoms with Crippen LogP contribution in [0.1, 0.15) is 94.7 Å². The van der Waals surface area contributed by atoms with Gasteiger partial charge in [-0.15, -0.1) is 0 Å². The van der Waals surface area contributed by atoms with Crippen molar-refractivity contribution in [2.45, 2.75) is 107 Å². The number of anilines is 1. The number of nitrogens with two attached hydrogens (primary N) is 1. The first-order chi connectivity index (χ1) is 36.0. The number of benzene rings is 3. The standard InChI is InChI=1S/C50H60N6O20/c1-22(52-35(60)21-73-14-13-71-4)46(66)53-23(2)47(67)55-30(15-34(51)59)48(68)54-26-11-9-25(10-12-26)20-74-49(69)56-29-16-36(75-24(3)41(29)61)76-32-18-50(70,33(58)19-57)17-28-38(32)45(65)40-39(43(28)63)42(62)27-7-6-8-31(72-5)37(27)44(40)64/h6-12,22-24,29-30,32,36,41,57,61,63,65,70H,13-21H2,1-5H3,(H2,51,59)(H,52,60)(H,53,66)(H,54,68)(H,55,67)(H,56,69)/t22?,23?,24-,29-,30?,32-,36-,41+,50-/m0/s1. The molecule has 0 radical (unpaired) electrons. The maximum absolute atomic E-state index is 14.0. The number of nitrogens with one attached hydrogen (secondary N) is 5. The number of Topliss-reactive ketones (excluding diaryl/α,β-unsaturated/α-hetero) is 1. The van der Waals surface area contributed by atoms with Crippen molar-refractivity contribution in [1.29, 1.82) is 0 Å². The summed E-state index contributed by atoms with van der Waals surface area (Å²) in [6, 6.07) is 5.15. The highest BCUT2D eigenvalue weighted by molar-refractivity contribution is 6.31. The lowest BCUT2D eigenvalue weighted by atomic mass is 9.72. The van der Waals surface area contributed by atoms with Gasteiger partial charge in [-0.25, -0.2) is 4.79 Å². The molecule has 2 aliphatic carbocycles. The molecule has 3 aromatic carbocycles. The minimum atomic E-state index is -2.42. The normalized spacial score (nSPS) is 21.8. The van der Waals surface area contributed by atoms with Crippen molar-refractivity contribution in [3.63, 3.8) is 0 Å². The van der Waals surface area contributed by atoms with Crippen molar-refractivity contribution in [2.24, 2.45) is 5.73 Å². The van der Waals surface area contributed by atoms with Crippen LogP contribution in [0.15, 0.2) is 42.5 Å². The molecule has 6 amide bonds. The Hall–Kier alpha value is -7.59. The second kappa shape index (κ2) is 24.8. The van der Waals surface area contributed by atoms with Gasteiger partial charge in [0.15, 0.2) is 17.9 Å². The Bertz CT molecular complexity index is 2750. The number of alkyl carbamates (subject to hydrolysis) is 1. The first kappa shape index (κ1) is 57.7. The average Bonchev–Trinajstić information content (AvgIpc) is 3.38. The highest BCUT2D eigenvalue weighted by Crippen LogP contribution is 2.52. The zero-order chi connectivity index (χ0) is 55.8. The Morgan fingerprint density at radius 1 is 0.868 bits per heavy atom. The van der Waals surface area contributed by atoms with Crippen molar-refractivity contribution in [3.05, 3.63) is 81.4 Å². The molecule has 3 unspecified atom stereocenters. The van der Waals surface area contributed by atoms with E-state index in [-0.39, 0.29) is 66.5 Å². The molecule has 0 aromatic heterocycles. The minimum Gasteiger partial charge on any atom is -0.507 e. The molecule has 26 heteroatoms. The monoisotopic (exact) mass is 1060 g/mol. The van der Waals surface area contributed by atoms with E-state index in [4.69, 9.17) is 34.2 Å². The van der Waals surface area contributed by atoms with E-state index in [1.165, 1.54) is 77.5 Å². The van der Waals surface area contributed by atoms with Crippen molar-refractivity contribution in [1.82, 2.24) is 21.3 Å². The number of aliphatic hydroxyl groups excluding tert-OH is 2. The predicted octanol–water partition coefficient (Wildman–Crippen LogP) is -1.06. The van der Waals surface area contributed by atoms with Gasteiger partial charge in [-0.1, -0.05) is 24.3 Å². The topological polar surface area (TPSA) is 396 Å². The van der Waals surface area contributed by atoms with Crippen LogP contribution in [0.25, 0.3) is 0 Å².